The first-order valence-electron chi connectivity index (χ1n) is 5.50. The van der Waals surface area contributed by atoms with Gasteiger partial charge in [-0.15, -0.1) is 0 Å². The summed E-state index contributed by atoms with van der Waals surface area (Å²) < 4.78 is 13.4. The summed E-state index contributed by atoms with van der Waals surface area (Å²) in [5.41, 5.74) is 5.52. The number of nitrogens with two attached hydrogens (primary N) is 1. The molecule has 0 spiro atoms. The molecule has 5 heteroatoms. The minimum absolute atomic E-state index is 0.152. The van der Waals surface area contributed by atoms with Gasteiger partial charge in [0.15, 0.2) is 0 Å². The van der Waals surface area contributed by atoms with Crippen molar-refractivity contribution in [1.82, 2.24) is 0 Å². The normalized spacial score (nSPS) is 12.2. The summed E-state index contributed by atoms with van der Waals surface area (Å²) in [4.78, 5) is 11.7. The first kappa shape index (κ1) is 13.9. The van der Waals surface area contributed by atoms with Crippen molar-refractivity contribution in [1.29, 1.82) is 0 Å². The van der Waals surface area contributed by atoms with Gasteiger partial charge in [0, 0.05) is 10.9 Å². The number of carbonyl (C=O) groups excluding carboxylic acids is 1. The fourth-order valence-electron chi connectivity index (χ4n) is 1.40. The number of carbonyl (C=O) groups is 1. The largest absolute Gasteiger partial charge is 0.330 e. The number of nitrogens with one attached hydrogen (secondary N) is 1. The van der Waals surface area contributed by atoms with E-state index in [-0.39, 0.29) is 17.5 Å². The Morgan fingerprint density at radius 3 is 2.88 bits per heavy atom. The average Bonchev–Trinajstić information content (AvgIpc) is 2.29. The van der Waals surface area contributed by atoms with E-state index in [1.54, 1.807) is 6.92 Å². The van der Waals surface area contributed by atoms with Crippen LogP contribution in [0.3, 0.4) is 0 Å². The lowest BCUT2D eigenvalue weighted by atomic mass is 10.0. The van der Waals surface area contributed by atoms with E-state index in [2.05, 4.69) is 5.32 Å². The maximum absolute atomic E-state index is 13.4. The molecule has 0 aliphatic carbocycles. The van der Waals surface area contributed by atoms with Crippen molar-refractivity contribution in [3.8, 4) is 0 Å². The first-order chi connectivity index (χ1) is 8.04. The lowest BCUT2D eigenvalue weighted by molar-refractivity contribution is -0.119. The molecule has 3 nitrogen and oxygen atoms in total. The molecule has 0 bridgehead atoms. The molecule has 0 aliphatic heterocycles. The molecule has 0 aliphatic rings. The molecule has 1 atom stereocenters. The highest BCUT2D eigenvalue weighted by atomic mass is 35.5. The summed E-state index contributed by atoms with van der Waals surface area (Å²) in [6, 6.07) is 4.15. The summed E-state index contributed by atoms with van der Waals surface area (Å²) in [5.74, 6) is -0.926. The molecular formula is C12H16ClFN2O. The molecule has 0 fully saturated rings. The van der Waals surface area contributed by atoms with Crippen molar-refractivity contribution in [3.05, 3.63) is 29.0 Å². The van der Waals surface area contributed by atoms with Gasteiger partial charge in [-0.05, 0) is 37.6 Å². The van der Waals surface area contributed by atoms with Crippen LogP contribution < -0.4 is 11.1 Å². The second kappa shape index (κ2) is 6.57. The van der Waals surface area contributed by atoms with E-state index in [0.717, 1.165) is 6.42 Å². The minimum atomic E-state index is -0.531. The lowest BCUT2D eigenvalue weighted by Crippen LogP contribution is -2.21. The van der Waals surface area contributed by atoms with E-state index in [0.29, 0.717) is 18.0 Å². The van der Waals surface area contributed by atoms with E-state index < -0.39 is 5.82 Å². The van der Waals surface area contributed by atoms with Crippen LogP contribution in [-0.4, -0.2) is 12.5 Å². The highest BCUT2D eigenvalue weighted by Crippen LogP contribution is 2.20. The molecule has 17 heavy (non-hydrogen) atoms. The zero-order valence-corrected chi connectivity index (χ0v) is 10.4. The highest BCUT2D eigenvalue weighted by Gasteiger charge is 2.14. The topological polar surface area (TPSA) is 55.1 Å². The second-order valence-electron chi connectivity index (χ2n) is 3.95. The summed E-state index contributed by atoms with van der Waals surface area (Å²) in [6.07, 6.45) is 1.47. The van der Waals surface area contributed by atoms with Crippen molar-refractivity contribution in [2.75, 3.05) is 11.9 Å². The van der Waals surface area contributed by atoms with Crippen LogP contribution in [0.2, 0.25) is 5.02 Å². The number of anilines is 1. The Kier molecular flexibility index (Phi) is 5.38. The standard InChI is InChI=1S/C12H16ClFN2O/c1-8(3-2-6-15)12(17)16-11-5-4-9(13)7-10(11)14/h4-5,7-8H,2-3,6,15H2,1H3,(H,16,17). The third kappa shape index (κ3) is 4.32. The van der Waals surface area contributed by atoms with Crippen LogP contribution in [0.4, 0.5) is 10.1 Å². The monoisotopic (exact) mass is 258 g/mol. The van der Waals surface area contributed by atoms with Crippen LogP contribution in [0.25, 0.3) is 0 Å². The SMILES string of the molecule is CC(CCCN)C(=O)Nc1ccc(Cl)cc1F. The first-order valence-corrected chi connectivity index (χ1v) is 5.88. The average molecular weight is 259 g/mol. The Bertz CT molecular complexity index is 398. The molecule has 1 aromatic rings. The zero-order chi connectivity index (χ0) is 12.8. The molecule has 0 saturated carbocycles. The Balaban J connectivity index is 2.61. The summed E-state index contributed by atoms with van der Waals surface area (Å²) >= 11 is 5.62. The van der Waals surface area contributed by atoms with E-state index in [1.165, 1.54) is 18.2 Å². The van der Waals surface area contributed by atoms with E-state index in [4.69, 9.17) is 17.3 Å². The Morgan fingerprint density at radius 1 is 1.59 bits per heavy atom. The van der Waals surface area contributed by atoms with Gasteiger partial charge in [-0.1, -0.05) is 18.5 Å². The number of amides is 1. The van der Waals surface area contributed by atoms with Crippen molar-refractivity contribution >= 4 is 23.2 Å². The molecule has 3 N–H and O–H groups in total. The van der Waals surface area contributed by atoms with Crippen molar-refractivity contribution in [2.24, 2.45) is 11.7 Å². The fraction of sp³-hybridized carbons (Fsp3) is 0.417. The van der Waals surface area contributed by atoms with E-state index in [1.807, 2.05) is 0 Å². The van der Waals surface area contributed by atoms with Gasteiger partial charge in [0.1, 0.15) is 5.82 Å². The molecule has 0 radical (unpaired) electrons. The van der Waals surface area contributed by atoms with Crippen molar-refractivity contribution in [3.63, 3.8) is 0 Å². The Morgan fingerprint density at radius 2 is 2.29 bits per heavy atom. The Hall–Kier alpha value is -1.13. The van der Waals surface area contributed by atoms with Crippen LogP contribution in [-0.2, 0) is 4.79 Å². The van der Waals surface area contributed by atoms with Crippen LogP contribution in [0.1, 0.15) is 19.8 Å². The van der Waals surface area contributed by atoms with Gasteiger partial charge in [-0.2, -0.15) is 0 Å². The van der Waals surface area contributed by atoms with Crippen LogP contribution in [0.5, 0.6) is 0 Å². The number of rotatable bonds is 5. The smallest absolute Gasteiger partial charge is 0.227 e. The summed E-state index contributed by atoms with van der Waals surface area (Å²) in [5, 5.41) is 2.84. The van der Waals surface area contributed by atoms with Gasteiger partial charge in [0.05, 0.1) is 5.69 Å². The molecular weight excluding hydrogens is 243 g/mol. The highest BCUT2D eigenvalue weighted by molar-refractivity contribution is 6.30. The van der Waals surface area contributed by atoms with Gasteiger partial charge >= 0.3 is 0 Å². The van der Waals surface area contributed by atoms with Gasteiger partial charge < -0.3 is 11.1 Å². The molecule has 0 heterocycles. The van der Waals surface area contributed by atoms with Crippen molar-refractivity contribution < 1.29 is 9.18 Å². The predicted octanol–water partition coefficient (Wildman–Crippen LogP) is 2.79. The summed E-state index contributed by atoms with van der Waals surface area (Å²) in [6.45, 7) is 2.34. The molecule has 94 valence electrons. The molecule has 1 amide bonds. The van der Waals surface area contributed by atoms with Crippen LogP contribution in [0.15, 0.2) is 18.2 Å². The van der Waals surface area contributed by atoms with Crippen molar-refractivity contribution in [2.45, 2.75) is 19.8 Å². The van der Waals surface area contributed by atoms with Gasteiger partial charge in [-0.25, -0.2) is 4.39 Å². The number of hydrogen-bond donors (Lipinski definition) is 2. The number of hydrogen-bond acceptors (Lipinski definition) is 2. The minimum Gasteiger partial charge on any atom is -0.330 e. The molecule has 0 saturated heterocycles. The predicted molar refractivity (Wildman–Crippen MR) is 67.5 cm³/mol. The third-order valence-electron chi connectivity index (χ3n) is 2.48. The van der Waals surface area contributed by atoms with Gasteiger partial charge in [0.2, 0.25) is 5.91 Å². The second-order valence-corrected chi connectivity index (χ2v) is 4.38. The zero-order valence-electron chi connectivity index (χ0n) is 9.67. The summed E-state index contributed by atoms with van der Waals surface area (Å²) in [7, 11) is 0. The Labute approximate surface area is 105 Å². The van der Waals surface area contributed by atoms with E-state index >= 15 is 0 Å². The quantitative estimate of drug-likeness (QED) is 0.853. The number of benzene rings is 1. The van der Waals surface area contributed by atoms with Crippen LogP contribution >= 0.6 is 11.6 Å². The van der Waals surface area contributed by atoms with Gasteiger partial charge in [-0.3, -0.25) is 4.79 Å². The maximum atomic E-state index is 13.4. The van der Waals surface area contributed by atoms with E-state index in [9.17, 15) is 9.18 Å². The maximum Gasteiger partial charge on any atom is 0.227 e. The molecule has 0 aromatic heterocycles. The molecule has 1 unspecified atom stereocenters. The lowest BCUT2D eigenvalue weighted by Gasteiger charge is -2.12. The van der Waals surface area contributed by atoms with Gasteiger partial charge in [0.25, 0.3) is 0 Å². The van der Waals surface area contributed by atoms with Crippen LogP contribution in [0, 0.1) is 11.7 Å². The number of halogens is 2. The molecule has 1 rings (SSSR count). The molecule has 1 aromatic carbocycles. The third-order valence-corrected chi connectivity index (χ3v) is 2.71. The fourth-order valence-corrected chi connectivity index (χ4v) is 1.56.